The zero-order chi connectivity index (χ0) is 17.6. The standard InChI is InChI=1S/C20H20FNO2S/c21-17-9-6-16(7-10-17)14-25-20-12-19(24)22(20)13-18(23)11-8-15-4-2-1-3-5-15/h1-7,9-10,20H,8,11-14H2. The van der Waals surface area contributed by atoms with Gasteiger partial charge in [0, 0.05) is 12.2 Å². The second-order valence-electron chi connectivity index (χ2n) is 6.14. The average molecular weight is 357 g/mol. The van der Waals surface area contributed by atoms with Crippen LogP contribution < -0.4 is 0 Å². The van der Waals surface area contributed by atoms with Crippen molar-refractivity contribution in [3.05, 3.63) is 71.5 Å². The molecule has 3 rings (SSSR count). The highest BCUT2D eigenvalue weighted by atomic mass is 32.2. The molecule has 0 N–H and O–H groups in total. The number of rotatable bonds is 8. The molecule has 25 heavy (non-hydrogen) atoms. The first-order valence-corrected chi connectivity index (χ1v) is 9.38. The van der Waals surface area contributed by atoms with E-state index in [1.165, 1.54) is 12.1 Å². The molecule has 1 aliphatic heterocycles. The van der Waals surface area contributed by atoms with Gasteiger partial charge in [-0.15, -0.1) is 11.8 Å². The molecule has 1 saturated heterocycles. The van der Waals surface area contributed by atoms with E-state index < -0.39 is 0 Å². The molecule has 0 aliphatic carbocycles. The van der Waals surface area contributed by atoms with E-state index in [2.05, 4.69) is 0 Å². The Morgan fingerprint density at radius 2 is 1.80 bits per heavy atom. The Balaban J connectivity index is 1.45. The second-order valence-corrected chi connectivity index (χ2v) is 7.31. The van der Waals surface area contributed by atoms with Gasteiger partial charge in [-0.05, 0) is 29.7 Å². The van der Waals surface area contributed by atoms with Crippen LogP contribution in [-0.2, 0) is 21.8 Å². The minimum absolute atomic E-state index is 0.0321. The number of β-lactam (4-membered cyclic amide) rings is 1. The maximum atomic E-state index is 12.9. The lowest BCUT2D eigenvalue weighted by Gasteiger charge is -2.39. The van der Waals surface area contributed by atoms with E-state index in [4.69, 9.17) is 0 Å². The Kier molecular flexibility index (Phi) is 5.87. The van der Waals surface area contributed by atoms with Crippen molar-refractivity contribution < 1.29 is 14.0 Å². The number of nitrogens with zero attached hydrogens (tertiary/aromatic N) is 1. The summed E-state index contributed by atoms with van der Waals surface area (Å²) in [6.07, 6.45) is 1.62. The quantitative estimate of drug-likeness (QED) is 0.674. The molecule has 1 atom stereocenters. The van der Waals surface area contributed by atoms with Crippen LogP contribution >= 0.6 is 11.8 Å². The van der Waals surface area contributed by atoms with Crippen LogP contribution in [0.3, 0.4) is 0 Å². The molecule has 1 heterocycles. The van der Waals surface area contributed by atoms with Crippen molar-refractivity contribution in [1.29, 1.82) is 0 Å². The van der Waals surface area contributed by atoms with Crippen LogP contribution in [0.2, 0.25) is 0 Å². The summed E-state index contributed by atoms with van der Waals surface area (Å²) in [5.41, 5.74) is 2.15. The third-order valence-corrected chi connectivity index (χ3v) is 5.56. The highest BCUT2D eigenvalue weighted by Crippen LogP contribution is 2.31. The Bertz CT molecular complexity index is 733. The highest BCUT2D eigenvalue weighted by molar-refractivity contribution is 7.99. The molecule has 1 aliphatic rings. The molecular formula is C20H20FNO2S. The normalized spacial score (nSPS) is 16.6. The number of benzene rings is 2. The molecule has 0 spiro atoms. The monoisotopic (exact) mass is 357 g/mol. The minimum atomic E-state index is -0.252. The first-order chi connectivity index (χ1) is 12.1. The molecule has 0 radical (unpaired) electrons. The zero-order valence-corrected chi connectivity index (χ0v) is 14.7. The molecule has 1 unspecified atom stereocenters. The maximum absolute atomic E-state index is 12.9. The molecule has 0 bridgehead atoms. The Morgan fingerprint density at radius 1 is 1.08 bits per heavy atom. The van der Waals surface area contributed by atoms with Gasteiger partial charge in [0.25, 0.3) is 0 Å². The van der Waals surface area contributed by atoms with Gasteiger partial charge < -0.3 is 4.90 Å². The number of aryl methyl sites for hydroxylation is 1. The molecule has 2 aromatic rings. The molecule has 3 nitrogen and oxygen atoms in total. The number of hydrogen-bond acceptors (Lipinski definition) is 3. The number of carbonyl (C=O) groups excluding carboxylic acids is 2. The van der Waals surface area contributed by atoms with E-state index >= 15 is 0 Å². The number of amides is 1. The molecule has 0 saturated carbocycles. The molecule has 5 heteroatoms. The van der Waals surface area contributed by atoms with Crippen molar-refractivity contribution in [2.45, 2.75) is 30.4 Å². The average Bonchev–Trinajstić information content (AvgIpc) is 2.63. The third-order valence-electron chi connectivity index (χ3n) is 4.25. The van der Waals surface area contributed by atoms with Gasteiger partial charge in [-0.2, -0.15) is 0 Å². The highest BCUT2D eigenvalue weighted by Gasteiger charge is 2.37. The molecule has 2 aromatic carbocycles. The summed E-state index contributed by atoms with van der Waals surface area (Å²) < 4.78 is 12.9. The van der Waals surface area contributed by atoms with E-state index in [9.17, 15) is 14.0 Å². The summed E-state index contributed by atoms with van der Waals surface area (Å²) in [6, 6.07) is 16.2. The SMILES string of the molecule is O=C(CCc1ccccc1)CN1C(=O)CC1SCc1ccc(F)cc1. The van der Waals surface area contributed by atoms with Crippen molar-refractivity contribution in [1.82, 2.24) is 4.90 Å². The van der Waals surface area contributed by atoms with Gasteiger partial charge in [0.2, 0.25) is 5.91 Å². The maximum Gasteiger partial charge on any atom is 0.226 e. The predicted octanol–water partition coefficient (Wildman–Crippen LogP) is 3.82. The van der Waals surface area contributed by atoms with Gasteiger partial charge in [-0.25, -0.2) is 4.39 Å². The van der Waals surface area contributed by atoms with Gasteiger partial charge in [-0.3, -0.25) is 9.59 Å². The Labute approximate surface area is 151 Å². The van der Waals surface area contributed by atoms with Crippen LogP contribution in [0.1, 0.15) is 24.0 Å². The lowest BCUT2D eigenvalue weighted by Crippen LogP contribution is -2.52. The number of Topliss-reactive ketones (excluding diaryl/α,β-unsaturated/α-hetero) is 1. The number of halogens is 1. The third kappa shape index (κ3) is 4.92. The van der Waals surface area contributed by atoms with E-state index in [1.54, 1.807) is 28.8 Å². The van der Waals surface area contributed by atoms with Crippen molar-refractivity contribution in [2.24, 2.45) is 0 Å². The summed E-state index contributed by atoms with van der Waals surface area (Å²) >= 11 is 1.62. The van der Waals surface area contributed by atoms with Gasteiger partial charge in [0.05, 0.1) is 18.3 Å². The summed E-state index contributed by atoms with van der Waals surface area (Å²) in [6.45, 7) is 0.187. The van der Waals surface area contributed by atoms with Crippen molar-refractivity contribution in [3.8, 4) is 0 Å². The summed E-state index contributed by atoms with van der Waals surface area (Å²) in [7, 11) is 0. The predicted molar refractivity (Wildman–Crippen MR) is 97.6 cm³/mol. The fourth-order valence-corrected chi connectivity index (χ4v) is 3.94. The summed E-state index contributed by atoms with van der Waals surface area (Å²) in [4.78, 5) is 25.6. The largest absolute Gasteiger partial charge is 0.323 e. The number of thioether (sulfide) groups is 1. The van der Waals surface area contributed by atoms with E-state index in [0.29, 0.717) is 25.0 Å². The first kappa shape index (κ1) is 17.7. The fraction of sp³-hybridized carbons (Fsp3) is 0.300. The summed E-state index contributed by atoms with van der Waals surface area (Å²) in [5, 5.41) is 0.0400. The lowest BCUT2D eigenvalue weighted by molar-refractivity contribution is -0.144. The smallest absolute Gasteiger partial charge is 0.226 e. The number of hydrogen-bond donors (Lipinski definition) is 0. The van der Waals surface area contributed by atoms with Crippen LogP contribution in [0.5, 0.6) is 0 Å². The van der Waals surface area contributed by atoms with Crippen molar-refractivity contribution >= 4 is 23.5 Å². The van der Waals surface area contributed by atoms with Crippen molar-refractivity contribution in [2.75, 3.05) is 6.54 Å². The van der Waals surface area contributed by atoms with Gasteiger partial charge in [0.15, 0.2) is 5.78 Å². The van der Waals surface area contributed by atoms with Gasteiger partial charge in [0.1, 0.15) is 5.82 Å². The Morgan fingerprint density at radius 3 is 2.48 bits per heavy atom. The molecule has 1 fully saturated rings. The molecule has 0 aromatic heterocycles. The number of ketones is 1. The topological polar surface area (TPSA) is 37.4 Å². The van der Waals surface area contributed by atoms with E-state index in [0.717, 1.165) is 11.1 Å². The van der Waals surface area contributed by atoms with Crippen LogP contribution in [0.4, 0.5) is 4.39 Å². The number of carbonyl (C=O) groups is 2. The van der Waals surface area contributed by atoms with Crippen LogP contribution in [-0.4, -0.2) is 28.5 Å². The fourth-order valence-electron chi connectivity index (χ4n) is 2.73. The van der Waals surface area contributed by atoms with Crippen LogP contribution in [0, 0.1) is 5.82 Å². The molecule has 1 amide bonds. The first-order valence-electron chi connectivity index (χ1n) is 8.33. The second kappa shape index (κ2) is 8.30. The van der Waals surface area contributed by atoms with Gasteiger partial charge >= 0.3 is 0 Å². The van der Waals surface area contributed by atoms with Crippen LogP contribution in [0.15, 0.2) is 54.6 Å². The molecular weight excluding hydrogens is 337 g/mol. The van der Waals surface area contributed by atoms with E-state index in [1.807, 2.05) is 30.3 Å². The summed E-state index contributed by atoms with van der Waals surface area (Å²) in [5.74, 6) is 0.569. The molecule has 130 valence electrons. The van der Waals surface area contributed by atoms with Crippen LogP contribution in [0.25, 0.3) is 0 Å². The van der Waals surface area contributed by atoms with E-state index in [-0.39, 0.29) is 29.4 Å². The van der Waals surface area contributed by atoms with Gasteiger partial charge in [-0.1, -0.05) is 42.5 Å². The lowest BCUT2D eigenvalue weighted by atomic mass is 10.1. The van der Waals surface area contributed by atoms with Crippen molar-refractivity contribution in [3.63, 3.8) is 0 Å². The number of likely N-dealkylation sites (tertiary alicyclic amines) is 1. The zero-order valence-electron chi connectivity index (χ0n) is 13.9. The minimum Gasteiger partial charge on any atom is -0.323 e. The Hall–Kier alpha value is -2.14.